The Kier molecular flexibility index (Phi) is 4.73. The van der Waals surface area contributed by atoms with Crippen LogP contribution in [0.5, 0.6) is 0 Å². The van der Waals surface area contributed by atoms with Gasteiger partial charge in [0.2, 0.25) is 0 Å². The number of halogens is 4. The predicted octanol–water partition coefficient (Wildman–Crippen LogP) is 4.45. The Labute approximate surface area is 118 Å². The van der Waals surface area contributed by atoms with Crippen molar-refractivity contribution in [2.45, 2.75) is 31.5 Å². The van der Waals surface area contributed by atoms with Crippen LogP contribution in [0.2, 0.25) is 0 Å². The van der Waals surface area contributed by atoms with Crippen molar-refractivity contribution in [1.29, 1.82) is 0 Å². The van der Waals surface area contributed by atoms with Crippen LogP contribution in [0.3, 0.4) is 0 Å². The minimum atomic E-state index is -4.35. The summed E-state index contributed by atoms with van der Waals surface area (Å²) in [5.74, 6) is 0. The molecule has 2 rings (SSSR count). The van der Waals surface area contributed by atoms with Crippen molar-refractivity contribution in [1.82, 2.24) is 0 Å². The third-order valence-corrected chi connectivity index (χ3v) is 3.59. The summed E-state index contributed by atoms with van der Waals surface area (Å²) in [6.45, 7) is 1.24. The van der Waals surface area contributed by atoms with E-state index in [9.17, 15) is 13.2 Å². The van der Waals surface area contributed by atoms with Gasteiger partial charge in [-0.3, -0.25) is 0 Å². The van der Waals surface area contributed by atoms with Gasteiger partial charge in [-0.2, -0.15) is 13.2 Å². The molecule has 106 valence electrons. The summed E-state index contributed by atoms with van der Waals surface area (Å²) in [5.41, 5.74) is -0.525. The Morgan fingerprint density at radius 1 is 1.37 bits per heavy atom. The highest BCUT2D eigenvalue weighted by atomic mass is 79.9. The molecule has 0 spiro atoms. The van der Waals surface area contributed by atoms with E-state index in [4.69, 9.17) is 4.74 Å². The number of rotatable bonds is 4. The Hall–Kier alpha value is -0.750. The zero-order chi connectivity index (χ0) is 13.9. The first kappa shape index (κ1) is 14.7. The summed E-state index contributed by atoms with van der Waals surface area (Å²) < 4.78 is 44.5. The molecule has 0 saturated carbocycles. The van der Waals surface area contributed by atoms with Crippen LogP contribution in [-0.2, 0) is 10.9 Å². The standard InChI is InChI=1S/C13H15BrF3NO/c14-9-3-4-12(11(8-9)13(15,16)17)18-6-5-10-2-1-7-19-10/h3-4,8,10,18H,1-2,5-7H2. The van der Waals surface area contributed by atoms with Gasteiger partial charge in [0, 0.05) is 23.3 Å². The first-order valence-electron chi connectivity index (χ1n) is 6.19. The van der Waals surface area contributed by atoms with Gasteiger partial charge in [-0.15, -0.1) is 0 Å². The molecule has 0 aromatic heterocycles. The highest BCUT2D eigenvalue weighted by Crippen LogP contribution is 2.36. The molecule has 19 heavy (non-hydrogen) atoms. The summed E-state index contributed by atoms with van der Waals surface area (Å²) in [4.78, 5) is 0. The quantitative estimate of drug-likeness (QED) is 0.876. The predicted molar refractivity (Wildman–Crippen MR) is 71.2 cm³/mol. The van der Waals surface area contributed by atoms with Crippen LogP contribution >= 0.6 is 15.9 Å². The number of hydrogen-bond acceptors (Lipinski definition) is 2. The van der Waals surface area contributed by atoms with Crippen LogP contribution < -0.4 is 5.32 Å². The summed E-state index contributed by atoms with van der Waals surface area (Å²) in [6, 6.07) is 4.14. The molecule has 1 aromatic rings. The molecular weight excluding hydrogens is 323 g/mol. The smallest absolute Gasteiger partial charge is 0.384 e. The van der Waals surface area contributed by atoms with Crippen LogP contribution in [-0.4, -0.2) is 19.3 Å². The minimum absolute atomic E-state index is 0.119. The molecule has 1 aromatic carbocycles. The zero-order valence-corrected chi connectivity index (χ0v) is 11.9. The second kappa shape index (κ2) is 6.13. The van der Waals surface area contributed by atoms with Crippen LogP contribution in [0, 0.1) is 0 Å². The van der Waals surface area contributed by atoms with E-state index in [1.807, 2.05) is 0 Å². The number of nitrogens with one attached hydrogen (secondary N) is 1. The SMILES string of the molecule is FC(F)(F)c1cc(Br)ccc1NCCC1CCCO1. The Morgan fingerprint density at radius 3 is 2.79 bits per heavy atom. The first-order valence-corrected chi connectivity index (χ1v) is 6.98. The van der Waals surface area contributed by atoms with Crippen molar-refractivity contribution in [2.24, 2.45) is 0 Å². The molecule has 1 N–H and O–H groups in total. The summed E-state index contributed by atoms with van der Waals surface area (Å²) >= 11 is 3.06. The van der Waals surface area contributed by atoms with Gasteiger partial charge in [-0.25, -0.2) is 0 Å². The third kappa shape index (κ3) is 4.11. The van der Waals surface area contributed by atoms with Gasteiger partial charge in [-0.05, 0) is 37.5 Å². The van der Waals surface area contributed by atoms with Crippen LogP contribution in [0.15, 0.2) is 22.7 Å². The van der Waals surface area contributed by atoms with Crippen LogP contribution in [0.1, 0.15) is 24.8 Å². The molecule has 1 heterocycles. The number of ether oxygens (including phenoxy) is 1. The average Bonchev–Trinajstić information content (AvgIpc) is 2.83. The van der Waals surface area contributed by atoms with Crippen molar-refractivity contribution >= 4 is 21.6 Å². The van der Waals surface area contributed by atoms with Gasteiger partial charge >= 0.3 is 6.18 Å². The van der Waals surface area contributed by atoms with E-state index in [0.29, 0.717) is 11.0 Å². The normalized spacial score (nSPS) is 19.7. The van der Waals surface area contributed by atoms with Crippen molar-refractivity contribution in [3.63, 3.8) is 0 Å². The number of alkyl halides is 3. The fraction of sp³-hybridized carbons (Fsp3) is 0.538. The van der Waals surface area contributed by atoms with E-state index in [1.165, 1.54) is 6.07 Å². The lowest BCUT2D eigenvalue weighted by Gasteiger charge is -2.16. The van der Waals surface area contributed by atoms with E-state index in [2.05, 4.69) is 21.2 Å². The summed E-state index contributed by atoms with van der Waals surface area (Å²) in [7, 11) is 0. The van der Waals surface area contributed by atoms with E-state index >= 15 is 0 Å². The lowest BCUT2D eigenvalue weighted by Crippen LogP contribution is -2.15. The first-order chi connectivity index (χ1) is 8.97. The molecule has 0 radical (unpaired) electrons. The maximum absolute atomic E-state index is 12.9. The largest absolute Gasteiger partial charge is 0.418 e. The molecule has 1 unspecified atom stereocenters. The van der Waals surface area contributed by atoms with Crippen molar-refractivity contribution in [2.75, 3.05) is 18.5 Å². The second-order valence-electron chi connectivity index (χ2n) is 4.54. The third-order valence-electron chi connectivity index (χ3n) is 3.09. The Balaban J connectivity index is 1.98. The fourth-order valence-corrected chi connectivity index (χ4v) is 2.51. The average molecular weight is 338 g/mol. The van der Waals surface area contributed by atoms with Gasteiger partial charge in [0.15, 0.2) is 0 Å². The van der Waals surface area contributed by atoms with Gasteiger partial charge in [0.25, 0.3) is 0 Å². The van der Waals surface area contributed by atoms with E-state index in [0.717, 1.165) is 31.9 Å². The molecule has 1 aliphatic rings. The lowest BCUT2D eigenvalue weighted by atomic mass is 10.1. The molecule has 1 atom stereocenters. The Bertz CT molecular complexity index is 430. The van der Waals surface area contributed by atoms with Crippen molar-refractivity contribution in [3.05, 3.63) is 28.2 Å². The maximum Gasteiger partial charge on any atom is 0.418 e. The van der Waals surface area contributed by atoms with Gasteiger partial charge in [0.05, 0.1) is 11.7 Å². The van der Waals surface area contributed by atoms with E-state index < -0.39 is 11.7 Å². The Morgan fingerprint density at radius 2 is 2.16 bits per heavy atom. The van der Waals surface area contributed by atoms with Crippen LogP contribution in [0.25, 0.3) is 0 Å². The highest BCUT2D eigenvalue weighted by molar-refractivity contribution is 9.10. The van der Waals surface area contributed by atoms with Gasteiger partial charge < -0.3 is 10.1 Å². The van der Waals surface area contributed by atoms with Crippen molar-refractivity contribution < 1.29 is 17.9 Å². The molecule has 0 bridgehead atoms. The molecular formula is C13H15BrF3NO. The summed E-state index contributed by atoms with van der Waals surface area (Å²) in [6.07, 6.45) is -1.41. The van der Waals surface area contributed by atoms with Gasteiger partial charge in [0.1, 0.15) is 0 Å². The molecule has 6 heteroatoms. The topological polar surface area (TPSA) is 21.3 Å². The maximum atomic E-state index is 12.9. The van der Waals surface area contributed by atoms with E-state index in [-0.39, 0.29) is 11.8 Å². The minimum Gasteiger partial charge on any atom is -0.384 e. The van der Waals surface area contributed by atoms with Gasteiger partial charge in [-0.1, -0.05) is 15.9 Å². The monoisotopic (exact) mass is 337 g/mol. The van der Waals surface area contributed by atoms with Crippen molar-refractivity contribution in [3.8, 4) is 0 Å². The lowest BCUT2D eigenvalue weighted by molar-refractivity contribution is -0.137. The second-order valence-corrected chi connectivity index (χ2v) is 5.45. The molecule has 1 saturated heterocycles. The summed E-state index contributed by atoms with van der Waals surface area (Å²) in [5, 5.41) is 2.85. The molecule has 1 fully saturated rings. The molecule has 0 amide bonds. The molecule has 0 aliphatic carbocycles. The van der Waals surface area contributed by atoms with Crippen LogP contribution in [0.4, 0.5) is 18.9 Å². The number of anilines is 1. The van der Waals surface area contributed by atoms with E-state index in [1.54, 1.807) is 6.07 Å². The number of hydrogen-bond donors (Lipinski definition) is 1. The fourth-order valence-electron chi connectivity index (χ4n) is 2.14. The molecule has 2 nitrogen and oxygen atoms in total. The number of benzene rings is 1. The molecule has 1 aliphatic heterocycles. The zero-order valence-electron chi connectivity index (χ0n) is 10.3. The highest BCUT2D eigenvalue weighted by Gasteiger charge is 2.33.